The number of aliphatic carboxylic acids is 1. The van der Waals surface area contributed by atoms with E-state index in [0.717, 1.165) is 12.2 Å². The van der Waals surface area contributed by atoms with Gasteiger partial charge >= 0.3 is 12.0 Å². The van der Waals surface area contributed by atoms with Gasteiger partial charge in [0.05, 0.1) is 6.54 Å². The summed E-state index contributed by atoms with van der Waals surface area (Å²) >= 11 is 1.69. The van der Waals surface area contributed by atoms with E-state index < -0.39 is 18.1 Å². The minimum atomic E-state index is -1.55. The monoisotopic (exact) mass is 236 g/mol. The Labute approximate surface area is 92.4 Å². The Hall–Kier alpha value is -0.950. The summed E-state index contributed by atoms with van der Waals surface area (Å²) < 4.78 is 0. The molecule has 0 rings (SSSR count). The number of hydrogen-bond donors (Lipinski definition) is 4. The van der Waals surface area contributed by atoms with Gasteiger partial charge in [0.15, 0.2) is 6.10 Å². The van der Waals surface area contributed by atoms with E-state index in [1.807, 2.05) is 6.26 Å². The summed E-state index contributed by atoms with van der Waals surface area (Å²) in [6, 6.07) is -0.462. The van der Waals surface area contributed by atoms with Crippen LogP contribution in [0.3, 0.4) is 0 Å². The first-order valence-corrected chi connectivity index (χ1v) is 5.88. The Balaban J connectivity index is 3.45. The van der Waals surface area contributed by atoms with Crippen molar-refractivity contribution < 1.29 is 19.8 Å². The molecule has 0 heterocycles. The zero-order valence-electron chi connectivity index (χ0n) is 8.52. The van der Waals surface area contributed by atoms with Crippen molar-refractivity contribution in [3.63, 3.8) is 0 Å². The summed E-state index contributed by atoms with van der Waals surface area (Å²) in [5.41, 5.74) is 0. The molecule has 0 aliphatic carbocycles. The lowest BCUT2D eigenvalue weighted by atomic mass is 10.4. The quantitative estimate of drug-likeness (QED) is 0.446. The van der Waals surface area contributed by atoms with Crippen LogP contribution in [0.1, 0.15) is 6.42 Å². The van der Waals surface area contributed by atoms with Gasteiger partial charge in [0, 0.05) is 6.54 Å². The number of carbonyl (C=O) groups excluding carboxylic acids is 1. The summed E-state index contributed by atoms with van der Waals surface area (Å²) in [6.45, 7) is 0.250. The van der Waals surface area contributed by atoms with Crippen LogP contribution in [0.4, 0.5) is 4.79 Å². The van der Waals surface area contributed by atoms with Gasteiger partial charge in [-0.2, -0.15) is 11.8 Å². The zero-order valence-corrected chi connectivity index (χ0v) is 9.34. The Kier molecular flexibility index (Phi) is 7.84. The molecule has 0 unspecified atom stereocenters. The maximum atomic E-state index is 11.0. The highest BCUT2D eigenvalue weighted by Gasteiger charge is 2.13. The number of aliphatic hydroxyl groups excluding tert-OH is 1. The second-order valence-electron chi connectivity index (χ2n) is 2.84. The van der Waals surface area contributed by atoms with Gasteiger partial charge in [-0.05, 0) is 18.4 Å². The third-order valence-electron chi connectivity index (χ3n) is 1.55. The molecule has 2 amide bonds. The fraction of sp³-hybridized carbons (Fsp3) is 0.750. The van der Waals surface area contributed by atoms with Gasteiger partial charge in [-0.3, -0.25) is 0 Å². The summed E-state index contributed by atoms with van der Waals surface area (Å²) in [5, 5.41) is 22.0. The van der Waals surface area contributed by atoms with Gasteiger partial charge in [-0.25, -0.2) is 9.59 Å². The molecule has 0 aliphatic rings. The maximum Gasteiger partial charge on any atom is 0.334 e. The van der Waals surface area contributed by atoms with Crippen molar-refractivity contribution in [2.75, 3.05) is 25.1 Å². The second-order valence-corrected chi connectivity index (χ2v) is 3.82. The highest BCUT2D eigenvalue weighted by atomic mass is 32.2. The Bertz CT molecular complexity index is 213. The van der Waals surface area contributed by atoms with Crippen LogP contribution < -0.4 is 10.6 Å². The number of hydrogen-bond acceptors (Lipinski definition) is 4. The number of thioether (sulfide) groups is 1. The van der Waals surface area contributed by atoms with Crippen LogP contribution in [-0.4, -0.2) is 53.4 Å². The summed E-state index contributed by atoms with van der Waals surface area (Å²) in [7, 11) is 0. The standard InChI is InChI=1S/C8H16N2O4S/c1-15-4-2-3-9-8(14)10-5-6(11)7(12)13/h6,11H,2-5H2,1H3,(H,12,13)(H2,9,10,14)/t6-/m0/s1. The first-order chi connectivity index (χ1) is 7.07. The van der Waals surface area contributed by atoms with E-state index in [2.05, 4.69) is 10.6 Å². The van der Waals surface area contributed by atoms with E-state index in [0.29, 0.717) is 6.54 Å². The molecule has 88 valence electrons. The Morgan fingerprint density at radius 1 is 1.40 bits per heavy atom. The average Bonchev–Trinajstić information content (AvgIpc) is 2.20. The summed E-state index contributed by atoms with van der Waals surface area (Å²) in [6.07, 6.45) is 1.28. The molecule has 4 N–H and O–H groups in total. The number of rotatable bonds is 7. The highest BCUT2D eigenvalue weighted by molar-refractivity contribution is 7.98. The SMILES string of the molecule is CSCCCNC(=O)NC[C@H](O)C(=O)O. The minimum absolute atomic E-state index is 0.288. The maximum absolute atomic E-state index is 11.0. The van der Waals surface area contributed by atoms with E-state index in [1.165, 1.54) is 0 Å². The normalized spacial score (nSPS) is 11.9. The molecular formula is C8H16N2O4S. The van der Waals surface area contributed by atoms with Gasteiger partial charge in [-0.15, -0.1) is 0 Å². The molecule has 0 saturated carbocycles. The number of carboxylic acids is 1. The molecule has 6 nitrogen and oxygen atoms in total. The molecule has 0 spiro atoms. The molecule has 0 saturated heterocycles. The van der Waals surface area contributed by atoms with Crippen molar-refractivity contribution in [2.45, 2.75) is 12.5 Å². The Morgan fingerprint density at radius 2 is 2.07 bits per heavy atom. The van der Waals surface area contributed by atoms with Crippen LogP contribution in [0.25, 0.3) is 0 Å². The predicted molar refractivity (Wildman–Crippen MR) is 58.0 cm³/mol. The van der Waals surface area contributed by atoms with Crippen LogP contribution >= 0.6 is 11.8 Å². The first kappa shape index (κ1) is 14.1. The topological polar surface area (TPSA) is 98.7 Å². The van der Waals surface area contributed by atoms with E-state index in [-0.39, 0.29) is 6.54 Å². The average molecular weight is 236 g/mol. The lowest BCUT2D eigenvalue weighted by molar-refractivity contribution is -0.146. The summed E-state index contributed by atoms with van der Waals surface area (Å²) in [4.78, 5) is 21.2. The molecule has 0 aromatic heterocycles. The number of amides is 2. The van der Waals surface area contributed by atoms with Gasteiger partial charge in [-0.1, -0.05) is 0 Å². The van der Waals surface area contributed by atoms with Crippen LogP contribution in [-0.2, 0) is 4.79 Å². The first-order valence-electron chi connectivity index (χ1n) is 4.49. The molecule has 15 heavy (non-hydrogen) atoms. The third kappa shape index (κ3) is 8.07. The molecule has 0 fully saturated rings. The van der Waals surface area contributed by atoms with Crippen molar-refractivity contribution in [3.05, 3.63) is 0 Å². The lowest BCUT2D eigenvalue weighted by Crippen LogP contribution is -2.42. The summed E-state index contributed by atoms with van der Waals surface area (Å²) in [5.74, 6) is -0.393. The van der Waals surface area contributed by atoms with Gasteiger partial charge in [0.1, 0.15) is 0 Å². The molecule has 0 aromatic rings. The van der Waals surface area contributed by atoms with Gasteiger partial charge in [0.2, 0.25) is 0 Å². The van der Waals surface area contributed by atoms with Gasteiger partial charge in [0.25, 0.3) is 0 Å². The van der Waals surface area contributed by atoms with E-state index in [4.69, 9.17) is 10.2 Å². The molecule has 0 aromatic carbocycles. The largest absolute Gasteiger partial charge is 0.479 e. The van der Waals surface area contributed by atoms with Gasteiger partial charge < -0.3 is 20.8 Å². The van der Waals surface area contributed by atoms with E-state index >= 15 is 0 Å². The van der Waals surface area contributed by atoms with Crippen LogP contribution in [0.2, 0.25) is 0 Å². The lowest BCUT2D eigenvalue weighted by Gasteiger charge is -2.08. The second kappa shape index (κ2) is 8.37. The smallest absolute Gasteiger partial charge is 0.334 e. The molecular weight excluding hydrogens is 220 g/mol. The zero-order chi connectivity index (χ0) is 11.7. The van der Waals surface area contributed by atoms with Crippen molar-refractivity contribution in [1.29, 1.82) is 0 Å². The predicted octanol–water partition coefficient (Wildman–Crippen LogP) is -0.516. The third-order valence-corrected chi connectivity index (χ3v) is 2.25. The fourth-order valence-corrected chi connectivity index (χ4v) is 1.19. The molecule has 0 bridgehead atoms. The van der Waals surface area contributed by atoms with Crippen LogP contribution in [0.15, 0.2) is 0 Å². The van der Waals surface area contributed by atoms with Crippen LogP contribution in [0.5, 0.6) is 0 Å². The molecule has 0 radical (unpaired) electrons. The van der Waals surface area contributed by atoms with Crippen LogP contribution in [0, 0.1) is 0 Å². The minimum Gasteiger partial charge on any atom is -0.479 e. The van der Waals surface area contributed by atoms with Crippen molar-refractivity contribution in [1.82, 2.24) is 10.6 Å². The number of nitrogens with one attached hydrogen (secondary N) is 2. The molecule has 0 aliphatic heterocycles. The fourth-order valence-electron chi connectivity index (χ4n) is 0.758. The number of aliphatic hydroxyl groups is 1. The van der Waals surface area contributed by atoms with Crippen molar-refractivity contribution in [3.8, 4) is 0 Å². The number of carbonyl (C=O) groups is 2. The number of urea groups is 1. The number of carboxylic acid groups (broad SMARTS) is 1. The van der Waals surface area contributed by atoms with Crippen molar-refractivity contribution in [2.24, 2.45) is 0 Å². The van der Waals surface area contributed by atoms with E-state index in [1.54, 1.807) is 11.8 Å². The van der Waals surface area contributed by atoms with E-state index in [9.17, 15) is 9.59 Å². The Morgan fingerprint density at radius 3 is 2.60 bits per heavy atom. The molecule has 1 atom stereocenters. The highest BCUT2D eigenvalue weighted by Crippen LogP contribution is 1.92. The van der Waals surface area contributed by atoms with Crippen molar-refractivity contribution >= 4 is 23.8 Å². The molecule has 7 heteroatoms.